The zero-order valence-electron chi connectivity index (χ0n) is 17.0. The van der Waals surface area contributed by atoms with Crippen LogP contribution in [0.4, 0.5) is 0 Å². The third kappa shape index (κ3) is 5.15. The Kier molecular flexibility index (Phi) is 6.90. The lowest BCUT2D eigenvalue weighted by molar-refractivity contribution is -0.136. The van der Waals surface area contributed by atoms with Crippen molar-refractivity contribution in [2.24, 2.45) is 17.6 Å². The van der Waals surface area contributed by atoms with E-state index in [1.807, 2.05) is 11.9 Å². The molecule has 7 heteroatoms. The van der Waals surface area contributed by atoms with Crippen molar-refractivity contribution < 1.29 is 19.5 Å². The predicted molar refractivity (Wildman–Crippen MR) is 109 cm³/mol. The summed E-state index contributed by atoms with van der Waals surface area (Å²) in [6, 6.07) is 6.44. The molecule has 4 N–H and O–H groups in total. The molecular weight excluding hydrogens is 370 g/mol. The van der Waals surface area contributed by atoms with Crippen LogP contribution in [0.25, 0.3) is 0 Å². The molecule has 2 fully saturated rings. The number of carbonyl (C=O) groups excluding carboxylic acids is 2. The van der Waals surface area contributed by atoms with E-state index in [4.69, 9.17) is 10.8 Å². The fourth-order valence-electron chi connectivity index (χ4n) is 4.28. The summed E-state index contributed by atoms with van der Waals surface area (Å²) in [6.45, 7) is 0.310. The van der Waals surface area contributed by atoms with Gasteiger partial charge in [-0.2, -0.15) is 0 Å². The molecule has 1 aromatic rings. The van der Waals surface area contributed by atoms with Gasteiger partial charge in [-0.25, -0.2) is 4.79 Å². The Bertz CT molecular complexity index is 754. The summed E-state index contributed by atoms with van der Waals surface area (Å²) in [5.74, 6) is -0.927. The highest BCUT2D eigenvalue weighted by atomic mass is 16.4. The lowest BCUT2D eigenvalue weighted by atomic mass is 9.77. The van der Waals surface area contributed by atoms with Crippen molar-refractivity contribution in [1.29, 1.82) is 0 Å². The van der Waals surface area contributed by atoms with Crippen molar-refractivity contribution in [3.8, 4) is 0 Å². The molecule has 2 aliphatic rings. The molecule has 0 aromatic heterocycles. The molecule has 1 aromatic carbocycles. The average molecular weight is 402 g/mol. The maximum atomic E-state index is 12.6. The molecular formula is C22H31N3O4. The van der Waals surface area contributed by atoms with E-state index in [9.17, 15) is 14.4 Å². The normalized spacial score (nSPS) is 23.0. The van der Waals surface area contributed by atoms with E-state index < -0.39 is 12.0 Å². The number of nitrogens with zero attached hydrogens (tertiary/aromatic N) is 1. The number of carbonyl (C=O) groups is 3. The number of nitrogens with one attached hydrogen (secondary N) is 1. The third-order valence-corrected chi connectivity index (χ3v) is 6.55. The maximum Gasteiger partial charge on any atom is 0.335 e. The topological polar surface area (TPSA) is 113 Å². The number of aromatic carboxylic acids is 1. The lowest BCUT2D eigenvalue weighted by Gasteiger charge is -2.38. The summed E-state index contributed by atoms with van der Waals surface area (Å²) in [6.07, 6.45) is 6.31. The van der Waals surface area contributed by atoms with Crippen LogP contribution in [0.2, 0.25) is 0 Å². The molecule has 0 heterocycles. The van der Waals surface area contributed by atoms with Crippen molar-refractivity contribution in [2.75, 3.05) is 7.05 Å². The molecule has 29 heavy (non-hydrogen) atoms. The number of carboxylic acid groups (broad SMARTS) is 1. The smallest absolute Gasteiger partial charge is 0.335 e. The first-order valence-corrected chi connectivity index (χ1v) is 10.5. The molecule has 0 spiro atoms. The first-order valence-electron chi connectivity index (χ1n) is 10.5. The van der Waals surface area contributed by atoms with Crippen LogP contribution >= 0.6 is 0 Å². The fraction of sp³-hybridized carbons (Fsp3) is 0.591. The summed E-state index contributed by atoms with van der Waals surface area (Å²) in [7, 11) is 1.85. The summed E-state index contributed by atoms with van der Waals surface area (Å²) in [5.41, 5.74) is 7.24. The van der Waals surface area contributed by atoms with Crippen LogP contribution < -0.4 is 11.1 Å². The summed E-state index contributed by atoms with van der Waals surface area (Å²) < 4.78 is 0. The minimum atomic E-state index is -0.981. The third-order valence-electron chi connectivity index (χ3n) is 6.55. The van der Waals surface area contributed by atoms with Crippen LogP contribution in [-0.2, 0) is 16.1 Å². The Morgan fingerprint density at radius 3 is 2.45 bits per heavy atom. The van der Waals surface area contributed by atoms with Gasteiger partial charge in [-0.1, -0.05) is 12.1 Å². The first kappa shape index (κ1) is 21.3. The maximum absolute atomic E-state index is 12.6. The van der Waals surface area contributed by atoms with Crippen molar-refractivity contribution in [2.45, 2.75) is 63.6 Å². The molecule has 2 amide bonds. The Labute approximate surface area is 171 Å². The van der Waals surface area contributed by atoms with E-state index >= 15 is 0 Å². The molecule has 0 radical (unpaired) electrons. The summed E-state index contributed by atoms with van der Waals surface area (Å²) >= 11 is 0. The monoisotopic (exact) mass is 401 g/mol. The van der Waals surface area contributed by atoms with Gasteiger partial charge in [-0.05, 0) is 68.6 Å². The van der Waals surface area contributed by atoms with E-state index in [2.05, 4.69) is 5.32 Å². The van der Waals surface area contributed by atoms with Gasteiger partial charge in [0.2, 0.25) is 11.8 Å². The van der Waals surface area contributed by atoms with Crippen LogP contribution in [0, 0.1) is 11.8 Å². The molecule has 2 saturated carbocycles. The molecule has 7 nitrogen and oxygen atoms in total. The second-order valence-corrected chi connectivity index (χ2v) is 8.39. The fourth-order valence-corrected chi connectivity index (χ4v) is 4.28. The van der Waals surface area contributed by atoms with Crippen molar-refractivity contribution >= 4 is 17.8 Å². The van der Waals surface area contributed by atoms with E-state index in [1.54, 1.807) is 18.2 Å². The average Bonchev–Trinajstić information content (AvgIpc) is 2.69. The SMILES string of the molecule is CN(C(=O)[C@@H](N)C1CCC(C(=O)NCc2cccc(C(=O)O)c2)CC1)C1CCC1. The van der Waals surface area contributed by atoms with Crippen LogP contribution in [0.1, 0.15) is 60.9 Å². The van der Waals surface area contributed by atoms with Gasteiger partial charge in [0, 0.05) is 25.6 Å². The molecule has 3 rings (SSSR count). The second kappa shape index (κ2) is 9.39. The minimum absolute atomic E-state index is 0.0179. The van der Waals surface area contributed by atoms with Gasteiger partial charge >= 0.3 is 5.97 Å². The van der Waals surface area contributed by atoms with E-state index in [0.717, 1.165) is 44.1 Å². The Morgan fingerprint density at radius 2 is 1.86 bits per heavy atom. The summed E-state index contributed by atoms with van der Waals surface area (Å²) in [5, 5.41) is 12.0. The molecule has 0 unspecified atom stereocenters. The standard InChI is InChI=1S/C22H31N3O4/c1-25(18-6-3-7-18)21(27)19(23)15-8-10-16(11-9-15)20(26)24-13-14-4-2-5-17(12-14)22(28)29/h2,4-5,12,15-16,18-19H,3,6-11,13,23H2,1H3,(H,24,26)(H,28,29)/t15?,16?,19-/m0/s1. The first-order chi connectivity index (χ1) is 13.9. The number of hydrogen-bond acceptors (Lipinski definition) is 4. The van der Waals surface area contributed by atoms with E-state index in [0.29, 0.717) is 12.6 Å². The Morgan fingerprint density at radius 1 is 1.17 bits per heavy atom. The molecule has 0 saturated heterocycles. The summed E-state index contributed by atoms with van der Waals surface area (Å²) in [4.78, 5) is 38.0. The van der Waals surface area contributed by atoms with E-state index in [-0.39, 0.29) is 29.2 Å². The number of amides is 2. The van der Waals surface area contributed by atoms with Crippen LogP contribution in [0.15, 0.2) is 24.3 Å². The molecule has 0 bridgehead atoms. The molecule has 1 atom stereocenters. The van der Waals surface area contributed by atoms with Gasteiger partial charge in [0.25, 0.3) is 0 Å². The van der Waals surface area contributed by atoms with Crippen molar-refractivity contribution in [3.05, 3.63) is 35.4 Å². The van der Waals surface area contributed by atoms with Crippen LogP contribution in [0.5, 0.6) is 0 Å². The van der Waals surface area contributed by atoms with E-state index in [1.165, 1.54) is 12.5 Å². The van der Waals surface area contributed by atoms with Crippen molar-refractivity contribution in [1.82, 2.24) is 10.2 Å². The number of nitrogens with two attached hydrogens (primary N) is 1. The molecule has 158 valence electrons. The number of rotatable bonds is 7. The second-order valence-electron chi connectivity index (χ2n) is 8.39. The Balaban J connectivity index is 1.45. The zero-order chi connectivity index (χ0) is 21.0. The molecule has 2 aliphatic carbocycles. The quantitative estimate of drug-likeness (QED) is 0.648. The minimum Gasteiger partial charge on any atom is -0.478 e. The van der Waals surface area contributed by atoms with Crippen LogP contribution in [0.3, 0.4) is 0 Å². The highest BCUT2D eigenvalue weighted by Gasteiger charge is 2.35. The molecule has 0 aliphatic heterocycles. The predicted octanol–water partition coefficient (Wildman–Crippen LogP) is 2.15. The van der Waals surface area contributed by atoms with Crippen molar-refractivity contribution in [3.63, 3.8) is 0 Å². The zero-order valence-corrected chi connectivity index (χ0v) is 17.0. The Hall–Kier alpha value is -2.41. The van der Waals surface area contributed by atoms with Crippen LogP contribution in [-0.4, -0.2) is 46.9 Å². The number of benzene rings is 1. The largest absolute Gasteiger partial charge is 0.478 e. The van der Waals surface area contributed by atoms with Gasteiger partial charge in [0.15, 0.2) is 0 Å². The highest BCUT2D eigenvalue weighted by molar-refractivity contribution is 5.87. The number of carboxylic acids is 1. The number of likely N-dealkylation sites (N-methyl/N-ethyl adjacent to an activating group) is 1. The van der Waals surface area contributed by atoms with Gasteiger partial charge in [0.05, 0.1) is 11.6 Å². The lowest BCUT2D eigenvalue weighted by Crippen LogP contribution is -2.52. The number of hydrogen-bond donors (Lipinski definition) is 3. The highest BCUT2D eigenvalue weighted by Crippen LogP contribution is 2.32. The van der Waals surface area contributed by atoms with Gasteiger partial charge in [-0.15, -0.1) is 0 Å². The van der Waals surface area contributed by atoms with Gasteiger partial charge < -0.3 is 21.1 Å². The van der Waals surface area contributed by atoms with Gasteiger partial charge in [0.1, 0.15) is 0 Å². The van der Waals surface area contributed by atoms with Gasteiger partial charge in [-0.3, -0.25) is 9.59 Å².